The number of carbonyl (C=O) groups excluding carboxylic acids is 2. The van der Waals surface area contributed by atoms with Crippen LogP contribution in [0.3, 0.4) is 0 Å². The van der Waals surface area contributed by atoms with Gasteiger partial charge in [0.15, 0.2) is 0 Å². The second kappa shape index (κ2) is 6.32. The number of imide groups is 1. The van der Waals surface area contributed by atoms with Gasteiger partial charge in [0, 0.05) is 29.2 Å². The van der Waals surface area contributed by atoms with Crippen molar-refractivity contribution in [2.45, 2.75) is 13.0 Å². The van der Waals surface area contributed by atoms with Crippen LogP contribution in [0.25, 0.3) is 0 Å². The average Bonchev–Trinajstić information content (AvgIpc) is 2.70. The van der Waals surface area contributed by atoms with Gasteiger partial charge in [0.1, 0.15) is 5.82 Å². The normalized spacial score (nSPS) is 16.4. The van der Waals surface area contributed by atoms with Gasteiger partial charge in [-0.1, -0.05) is 22.0 Å². The first-order chi connectivity index (χ1) is 9.49. The maximum Gasteiger partial charge on any atom is 0.324 e. The van der Waals surface area contributed by atoms with Crippen molar-refractivity contribution in [2.75, 3.05) is 19.6 Å². The topological polar surface area (TPSA) is 61.4 Å². The molecular weight excluding hydrogens is 329 g/mol. The van der Waals surface area contributed by atoms with Crippen molar-refractivity contribution in [1.82, 2.24) is 15.5 Å². The van der Waals surface area contributed by atoms with Crippen molar-refractivity contribution in [3.8, 4) is 0 Å². The van der Waals surface area contributed by atoms with Crippen LogP contribution in [0.5, 0.6) is 0 Å². The lowest BCUT2D eigenvalue weighted by molar-refractivity contribution is -0.124. The molecule has 20 heavy (non-hydrogen) atoms. The van der Waals surface area contributed by atoms with Crippen LogP contribution in [0, 0.1) is 5.82 Å². The SMILES string of the molecule is C[C@@H](NCCN1C(=O)CNC1=O)c1ccc(Br)cc1F. The molecule has 1 atom stereocenters. The third kappa shape index (κ3) is 3.34. The molecule has 1 aromatic rings. The molecular formula is C13H15BrFN3O2. The lowest BCUT2D eigenvalue weighted by atomic mass is 10.1. The third-order valence-corrected chi connectivity index (χ3v) is 3.65. The molecule has 0 saturated carbocycles. The van der Waals surface area contributed by atoms with Gasteiger partial charge >= 0.3 is 6.03 Å². The van der Waals surface area contributed by atoms with E-state index >= 15 is 0 Å². The molecule has 1 aliphatic rings. The fourth-order valence-electron chi connectivity index (χ4n) is 2.04. The number of carbonyl (C=O) groups is 2. The minimum absolute atomic E-state index is 0.0513. The fraction of sp³-hybridized carbons (Fsp3) is 0.385. The molecule has 0 spiro atoms. The van der Waals surface area contributed by atoms with Gasteiger partial charge in [-0.2, -0.15) is 0 Å². The maximum atomic E-state index is 13.8. The highest BCUT2D eigenvalue weighted by Gasteiger charge is 2.27. The summed E-state index contributed by atoms with van der Waals surface area (Å²) in [5.74, 6) is -0.534. The van der Waals surface area contributed by atoms with Crippen LogP contribution in [0.1, 0.15) is 18.5 Å². The van der Waals surface area contributed by atoms with Crippen molar-refractivity contribution in [3.05, 3.63) is 34.1 Å². The Morgan fingerprint density at radius 1 is 1.50 bits per heavy atom. The van der Waals surface area contributed by atoms with Crippen molar-refractivity contribution in [2.24, 2.45) is 0 Å². The first kappa shape index (κ1) is 14.9. The molecule has 0 aromatic heterocycles. The Bertz CT molecular complexity index is 522. The molecule has 0 radical (unpaired) electrons. The molecule has 1 aliphatic heterocycles. The Kier molecular flexibility index (Phi) is 4.72. The van der Waals surface area contributed by atoms with E-state index in [4.69, 9.17) is 0 Å². The second-order valence-corrected chi connectivity index (χ2v) is 5.46. The number of nitrogens with zero attached hydrogens (tertiary/aromatic N) is 1. The number of amides is 3. The zero-order valence-corrected chi connectivity index (χ0v) is 12.5. The van der Waals surface area contributed by atoms with Crippen LogP contribution >= 0.6 is 15.9 Å². The van der Waals surface area contributed by atoms with E-state index in [-0.39, 0.29) is 36.9 Å². The highest BCUT2D eigenvalue weighted by atomic mass is 79.9. The molecule has 2 N–H and O–H groups in total. The number of benzene rings is 1. The van der Waals surface area contributed by atoms with Crippen LogP contribution < -0.4 is 10.6 Å². The van der Waals surface area contributed by atoms with E-state index in [1.807, 2.05) is 6.92 Å². The van der Waals surface area contributed by atoms with Crippen LogP contribution in [-0.4, -0.2) is 36.5 Å². The largest absolute Gasteiger partial charge is 0.329 e. The Hall–Kier alpha value is -1.47. The molecule has 1 fully saturated rings. The van der Waals surface area contributed by atoms with Gasteiger partial charge in [-0.3, -0.25) is 9.69 Å². The van der Waals surface area contributed by atoms with Crippen LogP contribution in [-0.2, 0) is 4.79 Å². The zero-order chi connectivity index (χ0) is 14.7. The summed E-state index contributed by atoms with van der Waals surface area (Å²) in [5.41, 5.74) is 0.547. The number of halogens is 2. The number of urea groups is 1. The van der Waals surface area contributed by atoms with E-state index in [2.05, 4.69) is 26.6 Å². The molecule has 0 bridgehead atoms. The minimum Gasteiger partial charge on any atom is -0.329 e. The first-order valence-corrected chi connectivity index (χ1v) is 7.05. The highest BCUT2D eigenvalue weighted by molar-refractivity contribution is 9.10. The zero-order valence-electron chi connectivity index (χ0n) is 11.0. The van der Waals surface area contributed by atoms with Crippen molar-refractivity contribution < 1.29 is 14.0 Å². The predicted molar refractivity (Wildman–Crippen MR) is 75.6 cm³/mol. The predicted octanol–water partition coefficient (Wildman–Crippen LogP) is 1.79. The maximum absolute atomic E-state index is 13.8. The van der Waals surface area contributed by atoms with E-state index in [1.165, 1.54) is 6.07 Å². The second-order valence-electron chi connectivity index (χ2n) is 4.55. The lowest BCUT2D eigenvalue weighted by Gasteiger charge is -2.18. The fourth-order valence-corrected chi connectivity index (χ4v) is 2.37. The van der Waals surface area contributed by atoms with Gasteiger partial charge in [0.25, 0.3) is 0 Å². The van der Waals surface area contributed by atoms with E-state index in [9.17, 15) is 14.0 Å². The minimum atomic E-state index is -0.376. The van der Waals surface area contributed by atoms with Gasteiger partial charge in [-0.25, -0.2) is 9.18 Å². The molecule has 108 valence electrons. The molecule has 1 saturated heterocycles. The summed E-state index contributed by atoms with van der Waals surface area (Å²) >= 11 is 3.21. The highest BCUT2D eigenvalue weighted by Crippen LogP contribution is 2.20. The van der Waals surface area contributed by atoms with Crippen LogP contribution in [0.15, 0.2) is 22.7 Å². The van der Waals surface area contributed by atoms with Crippen molar-refractivity contribution in [3.63, 3.8) is 0 Å². The van der Waals surface area contributed by atoms with Crippen LogP contribution in [0.4, 0.5) is 9.18 Å². The summed E-state index contributed by atoms with van der Waals surface area (Å²) in [5, 5.41) is 5.55. The van der Waals surface area contributed by atoms with Gasteiger partial charge < -0.3 is 10.6 Å². The molecule has 1 aromatic carbocycles. The van der Waals surface area contributed by atoms with Crippen LogP contribution in [0.2, 0.25) is 0 Å². The van der Waals surface area contributed by atoms with Crippen molar-refractivity contribution in [1.29, 1.82) is 0 Å². The van der Waals surface area contributed by atoms with E-state index in [0.717, 1.165) is 4.90 Å². The molecule has 7 heteroatoms. The number of hydrogen-bond acceptors (Lipinski definition) is 3. The summed E-state index contributed by atoms with van der Waals surface area (Å²) in [6.07, 6.45) is 0. The molecule has 0 unspecified atom stereocenters. The summed E-state index contributed by atoms with van der Waals surface area (Å²) < 4.78 is 14.4. The van der Waals surface area contributed by atoms with Crippen molar-refractivity contribution >= 4 is 27.9 Å². The van der Waals surface area contributed by atoms with E-state index < -0.39 is 0 Å². The number of nitrogens with one attached hydrogen (secondary N) is 2. The molecule has 1 heterocycles. The quantitative estimate of drug-likeness (QED) is 0.801. The van der Waals surface area contributed by atoms with E-state index in [0.29, 0.717) is 16.6 Å². The molecule has 3 amide bonds. The summed E-state index contributed by atoms with van der Waals surface area (Å²) in [4.78, 5) is 23.8. The number of hydrogen-bond donors (Lipinski definition) is 2. The van der Waals surface area contributed by atoms with E-state index in [1.54, 1.807) is 12.1 Å². The smallest absolute Gasteiger partial charge is 0.324 e. The third-order valence-electron chi connectivity index (χ3n) is 3.15. The summed E-state index contributed by atoms with van der Waals surface area (Å²) in [6.45, 7) is 2.57. The van der Waals surface area contributed by atoms with Gasteiger partial charge in [0.2, 0.25) is 5.91 Å². The average molecular weight is 344 g/mol. The summed E-state index contributed by atoms with van der Waals surface area (Å²) in [7, 11) is 0. The lowest BCUT2D eigenvalue weighted by Crippen LogP contribution is -2.37. The molecule has 2 rings (SSSR count). The number of rotatable bonds is 5. The Morgan fingerprint density at radius 3 is 2.85 bits per heavy atom. The first-order valence-electron chi connectivity index (χ1n) is 6.25. The van der Waals surface area contributed by atoms with Gasteiger partial charge in [-0.05, 0) is 19.1 Å². The summed E-state index contributed by atoms with van der Waals surface area (Å²) in [6, 6.07) is 4.30. The Morgan fingerprint density at radius 2 is 2.25 bits per heavy atom. The molecule has 0 aliphatic carbocycles. The Labute approximate surface area is 124 Å². The van der Waals surface area contributed by atoms with Gasteiger partial charge in [-0.15, -0.1) is 0 Å². The monoisotopic (exact) mass is 343 g/mol. The Balaban J connectivity index is 1.87. The van der Waals surface area contributed by atoms with Gasteiger partial charge in [0.05, 0.1) is 6.54 Å². The standard InChI is InChI=1S/C13H15BrFN3O2/c1-8(10-3-2-9(14)6-11(10)15)16-4-5-18-12(19)7-17-13(18)20/h2-3,6,8,16H,4-5,7H2,1H3,(H,17,20)/t8-/m1/s1. The molecule has 5 nitrogen and oxygen atoms in total.